The van der Waals surface area contributed by atoms with Gasteiger partial charge >= 0.3 is 5.97 Å². The van der Waals surface area contributed by atoms with E-state index in [9.17, 15) is 19.7 Å². The van der Waals surface area contributed by atoms with Crippen molar-refractivity contribution in [1.29, 1.82) is 0 Å². The first-order chi connectivity index (χ1) is 14.3. The summed E-state index contributed by atoms with van der Waals surface area (Å²) >= 11 is 4.60. The molecule has 0 atom stereocenters. The number of nitrogens with one attached hydrogen (secondary N) is 1. The van der Waals surface area contributed by atoms with Crippen molar-refractivity contribution in [1.82, 2.24) is 0 Å². The summed E-state index contributed by atoms with van der Waals surface area (Å²) in [4.78, 5) is 35.9. The van der Waals surface area contributed by atoms with Crippen LogP contribution in [0.3, 0.4) is 0 Å². The molecule has 3 aromatic rings. The SMILES string of the molecule is CCOC(=O)c1c(-c2ccc(Br)cc2)csc1NC(=O)c1ccc([N+](=O)[O-])c(C)c1. The largest absolute Gasteiger partial charge is 0.462 e. The minimum absolute atomic E-state index is 0.0626. The Morgan fingerprint density at radius 2 is 1.90 bits per heavy atom. The molecule has 30 heavy (non-hydrogen) atoms. The highest BCUT2D eigenvalue weighted by Crippen LogP contribution is 2.37. The third kappa shape index (κ3) is 4.58. The van der Waals surface area contributed by atoms with Gasteiger partial charge in [0.25, 0.3) is 11.6 Å². The van der Waals surface area contributed by atoms with E-state index >= 15 is 0 Å². The highest BCUT2D eigenvalue weighted by atomic mass is 79.9. The van der Waals surface area contributed by atoms with Gasteiger partial charge in [-0.1, -0.05) is 28.1 Å². The van der Waals surface area contributed by atoms with Gasteiger partial charge in [-0.25, -0.2) is 4.79 Å². The number of anilines is 1. The molecular weight excluding hydrogens is 472 g/mol. The van der Waals surface area contributed by atoms with Gasteiger partial charge in [0.05, 0.1) is 11.5 Å². The van der Waals surface area contributed by atoms with Crippen molar-refractivity contribution in [2.75, 3.05) is 11.9 Å². The van der Waals surface area contributed by atoms with Crippen LogP contribution in [0.1, 0.15) is 33.2 Å². The first-order valence-corrected chi connectivity index (χ1v) is 10.6. The second-order valence-electron chi connectivity index (χ2n) is 6.29. The molecule has 0 aliphatic carbocycles. The molecular formula is C21H17BrN2O5S. The number of halogens is 1. The number of benzene rings is 2. The number of aryl methyl sites for hydroxylation is 1. The third-order valence-electron chi connectivity index (χ3n) is 4.31. The zero-order valence-electron chi connectivity index (χ0n) is 16.1. The number of hydrogen-bond donors (Lipinski definition) is 1. The van der Waals surface area contributed by atoms with Gasteiger partial charge in [0.15, 0.2) is 0 Å². The van der Waals surface area contributed by atoms with Gasteiger partial charge in [-0.3, -0.25) is 14.9 Å². The maximum atomic E-state index is 12.7. The predicted octanol–water partition coefficient (Wildman–Crippen LogP) is 5.82. The Morgan fingerprint density at radius 1 is 1.20 bits per heavy atom. The number of carbonyl (C=O) groups is 2. The number of ether oxygens (including phenoxy) is 1. The lowest BCUT2D eigenvalue weighted by Crippen LogP contribution is -2.15. The molecule has 0 aliphatic heterocycles. The summed E-state index contributed by atoms with van der Waals surface area (Å²) < 4.78 is 6.10. The monoisotopic (exact) mass is 488 g/mol. The first-order valence-electron chi connectivity index (χ1n) is 8.92. The molecule has 0 saturated heterocycles. The van der Waals surface area contributed by atoms with Gasteiger partial charge < -0.3 is 10.1 Å². The fourth-order valence-corrected chi connectivity index (χ4v) is 4.09. The van der Waals surface area contributed by atoms with Crippen molar-refractivity contribution in [3.8, 4) is 11.1 Å². The molecule has 1 N–H and O–H groups in total. The summed E-state index contributed by atoms with van der Waals surface area (Å²) in [6.07, 6.45) is 0. The fourth-order valence-electron chi connectivity index (χ4n) is 2.87. The number of nitrogens with zero attached hydrogens (tertiary/aromatic N) is 1. The Balaban J connectivity index is 1.96. The standard InChI is InChI=1S/C21H17BrN2O5S/c1-3-29-21(26)18-16(13-4-7-15(22)8-5-13)11-30-20(18)23-19(25)14-6-9-17(24(27)28)12(2)10-14/h4-11H,3H2,1-2H3,(H,23,25). The molecule has 0 aliphatic rings. The number of amides is 1. The van der Waals surface area contributed by atoms with E-state index in [1.54, 1.807) is 19.2 Å². The Hall–Kier alpha value is -3.04. The lowest BCUT2D eigenvalue weighted by atomic mass is 10.0. The molecule has 0 unspecified atom stereocenters. The van der Waals surface area contributed by atoms with Crippen LogP contribution in [0, 0.1) is 17.0 Å². The normalized spacial score (nSPS) is 10.5. The summed E-state index contributed by atoms with van der Waals surface area (Å²) in [5.41, 5.74) is 2.31. The lowest BCUT2D eigenvalue weighted by Gasteiger charge is -2.09. The highest BCUT2D eigenvalue weighted by molar-refractivity contribution is 9.10. The van der Waals surface area contributed by atoms with Crippen LogP contribution in [0.4, 0.5) is 10.7 Å². The molecule has 0 fully saturated rings. The minimum Gasteiger partial charge on any atom is -0.462 e. The van der Waals surface area contributed by atoms with E-state index in [1.165, 1.54) is 29.5 Å². The molecule has 0 spiro atoms. The van der Waals surface area contributed by atoms with E-state index in [0.29, 0.717) is 16.1 Å². The molecule has 7 nitrogen and oxygen atoms in total. The van der Waals surface area contributed by atoms with Crippen LogP contribution in [0.5, 0.6) is 0 Å². The number of nitro benzene ring substituents is 1. The predicted molar refractivity (Wildman–Crippen MR) is 119 cm³/mol. The summed E-state index contributed by atoms with van der Waals surface area (Å²) in [6, 6.07) is 11.6. The summed E-state index contributed by atoms with van der Waals surface area (Å²) in [7, 11) is 0. The summed E-state index contributed by atoms with van der Waals surface area (Å²) in [6.45, 7) is 3.47. The van der Waals surface area contributed by atoms with E-state index in [1.807, 2.05) is 24.3 Å². The Kier molecular flexibility index (Phi) is 6.63. The summed E-state index contributed by atoms with van der Waals surface area (Å²) in [5, 5.41) is 15.9. The smallest absolute Gasteiger partial charge is 0.341 e. The van der Waals surface area contributed by atoms with E-state index < -0.39 is 16.8 Å². The van der Waals surface area contributed by atoms with Crippen LogP contribution in [-0.4, -0.2) is 23.4 Å². The van der Waals surface area contributed by atoms with Crippen molar-refractivity contribution in [2.45, 2.75) is 13.8 Å². The van der Waals surface area contributed by atoms with E-state index in [2.05, 4.69) is 21.2 Å². The zero-order valence-corrected chi connectivity index (χ0v) is 18.5. The number of nitro groups is 1. The molecule has 0 radical (unpaired) electrons. The second-order valence-corrected chi connectivity index (χ2v) is 8.09. The van der Waals surface area contributed by atoms with Crippen LogP contribution in [-0.2, 0) is 4.74 Å². The van der Waals surface area contributed by atoms with E-state index in [4.69, 9.17) is 4.74 Å². The van der Waals surface area contributed by atoms with E-state index in [-0.39, 0.29) is 23.4 Å². The van der Waals surface area contributed by atoms with Crippen molar-refractivity contribution < 1.29 is 19.2 Å². The van der Waals surface area contributed by atoms with Gasteiger partial charge in [-0.2, -0.15) is 0 Å². The molecule has 9 heteroatoms. The van der Waals surface area contributed by atoms with Gasteiger partial charge in [0.1, 0.15) is 10.6 Å². The molecule has 1 heterocycles. The highest BCUT2D eigenvalue weighted by Gasteiger charge is 2.23. The molecule has 3 rings (SSSR count). The average molecular weight is 489 g/mol. The number of hydrogen-bond acceptors (Lipinski definition) is 6. The minimum atomic E-state index is -0.535. The maximum absolute atomic E-state index is 12.7. The quantitative estimate of drug-likeness (QED) is 0.267. The number of esters is 1. The Labute approximate surface area is 185 Å². The van der Waals surface area contributed by atoms with Crippen LogP contribution in [0.25, 0.3) is 11.1 Å². The van der Waals surface area contributed by atoms with Crippen LogP contribution in [0.15, 0.2) is 52.3 Å². The Bertz CT molecular complexity index is 1120. The van der Waals surface area contributed by atoms with Crippen LogP contribution >= 0.6 is 27.3 Å². The third-order valence-corrected chi connectivity index (χ3v) is 5.73. The van der Waals surface area contributed by atoms with Gasteiger partial charge in [0.2, 0.25) is 0 Å². The van der Waals surface area contributed by atoms with Crippen molar-refractivity contribution in [2.24, 2.45) is 0 Å². The topological polar surface area (TPSA) is 98.5 Å². The first kappa shape index (κ1) is 21.7. The molecule has 154 valence electrons. The van der Waals surface area contributed by atoms with Crippen molar-refractivity contribution >= 4 is 49.8 Å². The fraction of sp³-hybridized carbons (Fsp3) is 0.143. The molecule has 0 saturated carbocycles. The number of carbonyl (C=O) groups excluding carboxylic acids is 2. The Morgan fingerprint density at radius 3 is 2.50 bits per heavy atom. The van der Waals surface area contributed by atoms with Gasteiger partial charge in [-0.15, -0.1) is 11.3 Å². The zero-order chi connectivity index (χ0) is 21.8. The molecule has 1 aromatic heterocycles. The van der Waals surface area contributed by atoms with Crippen LogP contribution < -0.4 is 5.32 Å². The number of rotatable bonds is 6. The van der Waals surface area contributed by atoms with E-state index in [0.717, 1.165) is 10.0 Å². The molecule has 0 bridgehead atoms. The molecule has 2 aromatic carbocycles. The molecule has 1 amide bonds. The summed E-state index contributed by atoms with van der Waals surface area (Å²) in [5.74, 6) is -1.00. The lowest BCUT2D eigenvalue weighted by molar-refractivity contribution is -0.385. The van der Waals surface area contributed by atoms with Gasteiger partial charge in [-0.05, 0) is 43.7 Å². The average Bonchev–Trinajstić information content (AvgIpc) is 3.11. The van der Waals surface area contributed by atoms with Crippen molar-refractivity contribution in [3.63, 3.8) is 0 Å². The van der Waals surface area contributed by atoms with Gasteiger partial charge in [0, 0.05) is 32.6 Å². The number of thiophene rings is 1. The van der Waals surface area contributed by atoms with Crippen molar-refractivity contribution in [3.05, 3.63) is 79.1 Å². The second kappa shape index (κ2) is 9.19. The maximum Gasteiger partial charge on any atom is 0.341 e. The van der Waals surface area contributed by atoms with Crippen LogP contribution in [0.2, 0.25) is 0 Å².